The Bertz CT molecular complexity index is 896. The standard InChI is InChI=1S/C17H14F3N3O/c1-24-14-9-8-13(10-4-6-12(7-5-10)17(18,19)20)23-16(14)21-15(22-23)11-2-3-11/h4-9,11H,2-3H2,1H3. The molecule has 0 spiro atoms. The van der Waals surface area contributed by atoms with Crippen LogP contribution in [0.3, 0.4) is 0 Å². The monoisotopic (exact) mass is 333 g/mol. The SMILES string of the molecule is COc1ccc(-c2ccc(C(F)(F)F)cc2)n2nc(C3CC3)nc12. The molecule has 3 aromatic rings. The van der Waals surface area contributed by atoms with E-state index in [1.54, 1.807) is 23.8 Å². The van der Waals surface area contributed by atoms with Crippen molar-refractivity contribution >= 4 is 5.65 Å². The Kier molecular flexibility index (Phi) is 3.26. The average Bonchev–Trinajstić information content (AvgIpc) is 3.32. The zero-order valence-electron chi connectivity index (χ0n) is 12.8. The first-order chi connectivity index (χ1) is 11.5. The molecule has 1 saturated carbocycles. The van der Waals surface area contributed by atoms with Crippen LogP contribution in [0.15, 0.2) is 36.4 Å². The highest BCUT2D eigenvalue weighted by Gasteiger charge is 2.31. The molecular weight excluding hydrogens is 319 g/mol. The van der Waals surface area contributed by atoms with Crippen molar-refractivity contribution < 1.29 is 17.9 Å². The Morgan fingerprint density at radius 2 is 1.79 bits per heavy atom. The molecule has 4 nitrogen and oxygen atoms in total. The molecule has 2 aromatic heterocycles. The van der Waals surface area contributed by atoms with E-state index in [0.29, 0.717) is 28.6 Å². The molecule has 0 bridgehead atoms. The fraction of sp³-hybridized carbons (Fsp3) is 0.294. The molecule has 0 atom stereocenters. The molecule has 124 valence electrons. The van der Waals surface area contributed by atoms with Crippen molar-refractivity contribution in [2.45, 2.75) is 24.9 Å². The third-order valence-corrected chi connectivity index (χ3v) is 4.14. The van der Waals surface area contributed by atoms with Crippen LogP contribution in [-0.4, -0.2) is 21.7 Å². The number of rotatable bonds is 3. The second-order valence-electron chi connectivity index (χ2n) is 5.84. The summed E-state index contributed by atoms with van der Waals surface area (Å²) in [6.45, 7) is 0. The van der Waals surface area contributed by atoms with Crippen LogP contribution in [0.25, 0.3) is 16.9 Å². The van der Waals surface area contributed by atoms with Crippen LogP contribution < -0.4 is 4.74 Å². The summed E-state index contributed by atoms with van der Waals surface area (Å²) in [4.78, 5) is 4.54. The van der Waals surface area contributed by atoms with Crippen LogP contribution in [0.1, 0.15) is 30.1 Å². The molecule has 24 heavy (non-hydrogen) atoms. The van der Waals surface area contributed by atoms with Crippen LogP contribution in [0.4, 0.5) is 13.2 Å². The van der Waals surface area contributed by atoms with E-state index in [-0.39, 0.29) is 0 Å². The van der Waals surface area contributed by atoms with Gasteiger partial charge in [0.25, 0.3) is 0 Å². The highest BCUT2D eigenvalue weighted by molar-refractivity contribution is 5.67. The van der Waals surface area contributed by atoms with Crippen LogP contribution in [0.5, 0.6) is 5.75 Å². The van der Waals surface area contributed by atoms with Gasteiger partial charge in [0.1, 0.15) is 0 Å². The van der Waals surface area contributed by atoms with Crippen molar-refractivity contribution in [2.75, 3.05) is 7.11 Å². The lowest BCUT2D eigenvalue weighted by Gasteiger charge is -2.09. The second kappa shape index (κ2) is 5.22. The van der Waals surface area contributed by atoms with Gasteiger partial charge in [-0.1, -0.05) is 12.1 Å². The van der Waals surface area contributed by atoms with Crippen molar-refractivity contribution in [1.29, 1.82) is 0 Å². The molecule has 0 radical (unpaired) electrons. The minimum absolute atomic E-state index is 0.370. The molecular formula is C17H14F3N3O. The predicted octanol–water partition coefficient (Wildman–Crippen LogP) is 4.30. The van der Waals surface area contributed by atoms with Gasteiger partial charge in [-0.3, -0.25) is 0 Å². The topological polar surface area (TPSA) is 39.4 Å². The van der Waals surface area contributed by atoms with E-state index >= 15 is 0 Å². The fourth-order valence-corrected chi connectivity index (χ4v) is 2.68. The molecule has 0 aliphatic heterocycles. The van der Waals surface area contributed by atoms with E-state index in [1.165, 1.54) is 12.1 Å². The highest BCUT2D eigenvalue weighted by atomic mass is 19.4. The summed E-state index contributed by atoms with van der Waals surface area (Å²) >= 11 is 0. The second-order valence-corrected chi connectivity index (χ2v) is 5.84. The molecule has 1 aliphatic rings. The van der Waals surface area contributed by atoms with Crippen molar-refractivity contribution in [3.8, 4) is 17.0 Å². The Morgan fingerprint density at radius 3 is 2.38 bits per heavy atom. The Balaban J connectivity index is 1.84. The van der Waals surface area contributed by atoms with Gasteiger partial charge in [-0.05, 0) is 37.1 Å². The van der Waals surface area contributed by atoms with Crippen molar-refractivity contribution in [3.05, 3.63) is 47.8 Å². The number of aromatic nitrogens is 3. The first-order valence-electron chi connectivity index (χ1n) is 7.58. The maximum absolute atomic E-state index is 12.7. The number of hydrogen-bond acceptors (Lipinski definition) is 3. The fourth-order valence-electron chi connectivity index (χ4n) is 2.68. The van der Waals surface area contributed by atoms with Crippen molar-refractivity contribution in [1.82, 2.24) is 14.6 Å². The number of benzene rings is 1. The number of halogens is 3. The maximum Gasteiger partial charge on any atom is 0.416 e. The van der Waals surface area contributed by atoms with Crippen molar-refractivity contribution in [3.63, 3.8) is 0 Å². The van der Waals surface area contributed by atoms with Gasteiger partial charge in [-0.15, -0.1) is 0 Å². The van der Waals surface area contributed by atoms with E-state index in [4.69, 9.17) is 4.74 Å². The average molecular weight is 333 g/mol. The minimum atomic E-state index is -4.35. The first-order valence-corrected chi connectivity index (χ1v) is 7.58. The van der Waals surface area contributed by atoms with E-state index < -0.39 is 11.7 Å². The number of alkyl halides is 3. The van der Waals surface area contributed by atoms with Gasteiger partial charge in [0.15, 0.2) is 17.2 Å². The van der Waals surface area contributed by atoms with Crippen LogP contribution in [-0.2, 0) is 6.18 Å². The number of methoxy groups -OCH3 is 1. The largest absolute Gasteiger partial charge is 0.493 e. The van der Waals surface area contributed by atoms with E-state index in [0.717, 1.165) is 30.8 Å². The van der Waals surface area contributed by atoms with Gasteiger partial charge >= 0.3 is 6.18 Å². The molecule has 1 aliphatic carbocycles. The highest BCUT2D eigenvalue weighted by Crippen LogP contribution is 2.39. The molecule has 4 rings (SSSR count). The molecule has 0 amide bonds. The zero-order chi connectivity index (χ0) is 16.9. The molecule has 0 N–H and O–H groups in total. The molecule has 1 fully saturated rings. The van der Waals surface area contributed by atoms with Crippen molar-refractivity contribution in [2.24, 2.45) is 0 Å². The number of pyridine rings is 1. The summed E-state index contributed by atoms with van der Waals surface area (Å²) in [7, 11) is 1.55. The van der Waals surface area contributed by atoms with Gasteiger partial charge < -0.3 is 4.74 Å². The smallest absolute Gasteiger partial charge is 0.416 e. The van der Waals surface area contributed by atoms with Gasteiger partial charge in [0, 0.05) is 11.5 Å². The van der Waals surface area contributed by atoms with E-state index in [1.807, 2.05) is 0 Å². The van der Waals surface area contributed by atoms with Gasteiger partial charge in [-0.2, -0.15) is 18.3 Å². The van der Waals surface area contributed by atoms with Crippen LogP contribution in [0, 0.1) is 0 Å². The lowest BCUT2D eigenvalue weighted by molar-refractivity contribution is -0.137. The Morgan fingerprint density at radius 1 is 1.08 bits per heavy atom. The maximum atomic E-state index is 12.7. The third kappa shape index (κ3) is 2.50. The van der Waals surface area contributed by atoms with E-state index in [2.05, 4.69) is 10.1 Å². The van der Waals surface area contributed by atoms with Gasteiger partial charge in [-0.25, -0.2) is 9.50 Å². The minimum Gasteiger partial charge on any atom is -0.493 e. The normalized spacial score (nSPS) is 15.0. The molecule has 1 aromatic carbocycles. The number of hydrogen-bond donors (Lipinski definition) is 0. The molecule has 7 heteroatoms. The summed E-state index contributed by atoms with van der Waals surface area (Å²) in [5.74, 6) is 1.72. The quantitative estimate of drug-likeness (QED) is 0.717. The van der Waals surface area contributed by atoms with Crippen LogP contribution >= 0.6 is 0 Å². The third-order valence-electron chi connectivity index (χ3n) is 4.14. The summed E-state index contributed by atoms with van der Waals surface area (Å²) < 4.78 is 45.2. The molecule has 2 heterocycles. The number of fused-ring (bicyclic) bond motifs is 1. The number of nitrogens with zero attached hydrogens (tertiary/aromatic N) is 3. The number of ether oxygens (including phenoxy) is 1. The Hall–Kier alpha value is -2.57. The van der Waals surface area contributed by atoms with Gasteiger partial charge in [0.05, 0.1) is 18.4 Å². The van der Waals surface area contributed by atoms with E-state index in [9.17, 15) is 13.2 Å². The molecule has 0 saturated heterocycles. The Labute approximate surface area is 135 Å². The lowest BCUT2D eigenvalue weighted by Crippen LogP contribution is -2.04. The summed E-state index contributed by atoms with van der Waals surface area (Å²) in [5.41, 5.74) is 1.23. The summed E-state index contributed by atoms with van der Waals surface area (Å²) in [6.07, 6.45) is -2.22. The first kappa shape index (κ1) is 15.0. The summed E-state index contributed by atoms with van der Waals surface area (Å²) in [6, 6.07) is 8.58. The molecule has 0 unspecified atom stereocenters. The lowest BCUT2D eigenvalue weighted by atomic mass is 10.1. The van der Waals surface area contributed by atoms with Gasteiger partial charge in [0.2, 0.25) is 0 Å². The zero-order valence-corrected chi connectivity index (χ0v) is 12.8. The van der Waals surface area contributed by atoms with Crippen LogP contribution in [0.2, 0.25) is 0 Å². The predicted molar refractivity (Wildman–Crippen MR) is 82.0 cm³/mol. The summed E-state index contributed by atoms with van der Waals surface area (Å²) in [5, 5.41) is 4.53.